The van der Waals surface area contributed by atoms with Crippen LogP contribution in [0.4, 0.5) is 11.4 Å². The number of aryl methyl sites for hydroxylation is 1. The molecule has 1 aliphatic rings. The second-order valence-corrected chi connectivity index (χ2v) is 8.27. The standard InChI is InChI=1S/C25H32N4O5/c1-18-6-3-4-7-20(18)24(31)27-19-8-9-22(21(16-19)25(32)33)29-13-11-28(12-14-29)17-23(30)26-10-5-15-34-2/h3-4,6-9,16H,5,10-15,17H2,1-2H3,(H,26,30)(H,27,31)(H,32,33). The third-order valence-corrected chi connectivity index (χ3v) is 5.80. The molecule has 3 N–H and O–H groups in total. The molecule has 0 radical (unpaired) electrons. The summed E-state index contributed by atoms with van der Waals surface area (Å²) in [5.74, 6) is -1.36. The summed E-state index contributed by atoms with van der Waals surface area (Å²) in [6.07, 6.45) is 0.773. The van der Waals surface area contributed by atoms with E-state index in [9.17, 15) is 19.5 Å². The summed E-state index contributed by atoms with van der Waals surface area (Å²) < 4.78 is 4.98. The summed E-state index contributed by atoms with van der Waals surface area (Å²) in [5, 5.41) is 15.5. The lowest BCUT2D eigenvalue weighted by Gasteiger charge is -2.36. The third kappa shape index (κ3) is 6.79. The second kappa shape index (κ2) is 12.2. The van der Waals surface area contributed by atoms with E-state index in [-0.39, 0.29) is 17.4 Å². The molecule has 9 nitrogen and oxygen atoms in total. The zero-order valence-electron chi connectivity index (χ0n) is 19.7. The van der Waals surface area contributed by atoms with Gasteiger partial charge in [0.15, 0.2) is 0 Å². The number of anilines is 2. The van der Waals surface area contributed by atoms with E-state index in [1.807, 2.05) is 24.0 Å². The smallest absolute Gasteiger partial charge is 0.337 e. The lowest BCUT2D eigenvalue weighted by molar-refractivity contribution is -0.122. The van der Waals surface area contributed by atoms with E-state index in [0.29, 0.717) is 62.8 Å². The van der Waals surface area contributed by atoms with Gasteiger partial charge in [-0.3, -0.25) is 14.5 Å². The van der Waals surface area contributed by atoms with Gasteiger partial charge >= 0.3 is 5.97 Å². The van der Waals surface area contributed by atoms with Crippen molar-refractivity contribution in [1.82, 2.24) is 10.2 Å². The van der Waals surface area contributed by atoms with Gasteiger partial charge in [-0.05, 0) is 43.2 Å². The summed E-state index contributed by atoms with van der Waals surface area (Å²) in [6, 6.07) is 12.2. The number of nitrogens with zero attached hydrogens (tertiary/aromatic N) is 2. The van der Waals surface area contributed by atoms with E-state index in [1.165, 1.54) is 6.07 Å². The molecule has 1 fully saturated rings. The van der Waals surface area contributed by atoms with Crippen molar-refractivity contribution < 1.29 is 24.2 Å². The van der Waals surface area contributed by atoms with Gasteiger partial charge in [-0.1, -0.05) is 18.2 Å². The van der Waals surface area contributed by atoms with Crippen LogP contribution in [-0.4, -0.2) is 80.8 Å². The first-order valence-corrected chi connectivity index (χ1v) is 11.4. The summed E-state index contributed by atoms with van der Waals surface area (Å²) in [7, 11) is 1.63. The van der Waals surface area contributed by atoms with Gasteiger partial charge < -0.3 is 25.4 Å². The number of ether oxygens (including phenoxy) is 1. The fraction of sp³-hybridized carbons (Fsp3) is 0.400. The first kappa shape index (κ1) is 25.2. The number of carbonyl (C=O) groups excluding carboxylic acids is 2. The topological polar surface area (TPSA) is 111 Å². The van der Waals surface area contributed by atoms with Crippen LogP contribution in [-0.2, 0) is 9.53 Å². The van der Waals surface area contributed by atoms with Crippen LogP contribution in [0.15, 0.2) is 42.5 Å². The zero-order valence-corrected chi connectivity index (χ0v) is 19.7. The number of amides is 2. The Morgan fingerprint density at radius 3 is 2.44 bits per heavy atom. The van der Waals surface area contributed by atoms with E-state index in [0.717, 1.165) is 12.0 Å². The largest absolute Gasteiger partial charge is 0.478 e. The van der Waals surface area contributed by atoms with Crippen molar-refractivity contribution in [2.45, 2.75) is 13.3 Å². The van der Waals surface area contributed by atoms with E-state index in [1.54, 1.807) is 31.4 Å². The Bertz CT molecular complexity index is 1020. The zero-order chi connectivity index (χ0) is 24.5. The van der Waals surface area contributed by atoms with Gasteiger partial charge in [0.1, 0.15) is 0 Å². The lowest BCUT2D eigenvalue weighted by Crippen LogP contribution is -2.50. The van der Waals surface area contributed by atoms with Gasteiger partial charge in [-0.15, -0.1) is 0 Å². The Morgan fingerprint density at radius 1 is 1.03 bits per heavy atom. The molecule has 0 aromatic heterocycles. The number of carboxylic acids is 1. The van der Waals surface area contributed by atoms with Crippen LogP contribution in [0.3, 0.4) is 0 Å². The number of carboxylic acid groups (broad SMARTS) is 1. The van der Waals surface area contributed by atoms with Crippen LogP contribution >= 0.6 is 0 Å². The number of methoxy groups -OCH3 is 1. The molecular weight excluding hydrogens is 436 g/mol. The second-order valence-electron chi connectivity index (χ2n) is 8.27. The molecule has 182 valence electrons. The summed E-state index contributed by atoms with van der Waals surface area (Å²) in [5.41, 5.74) is 2.55. The number of benzene rings is 2. The van der Waals surface area contributed by atoms with Crippen molar-refractivity contribution >= 4 is 29.2 Å². The molecule has 0 aliphatic carbocycles. The van der Waals surface area contributed by atoms with Crippen LogP contribution in [0.2, 0.25) is 0 Å². The first-order valence-electron chi connectivity index (χ1n) is 11.4. The van der Waals surface area contributed by atoms with Gasteiger partial charge in [0.25, 0.3) is 5.91 Å². The van der Waals surface area contributed by atoms with Gasteiger partial charge in [0.2, 0.25) is 5.91 Å². The average Bonchev–Trinajstić information content (AvgIpc) is 2.82. The number of aromatic carboxylic acids is 1. The summed E-state index contributed by atoms with van der Waals surface area (Å²) in [6.45, 7) is 5.87. The van der Waals surface area contributed by atoms with E-state index in [2.05, 4.69) is 15.5 Å². The molecule has 2 aromatic carbocycles. The Balaban J connectivity index is 1.60. The molecule has 0 unspecified atom stereocenters. The number of hydrogen-bond acceptors (Lipinski definition) is 6. The Hall–Kier alpha value is -3.43. The molecule has 1 heterocycles. The van der Waals surface area contributed by atoms with Crippen LogP contribution < -0.4 is 15.5 Å². The third-order valence-electron chi connectivity index (χ3n) is 5.80. The van der Waals surface area contributed by atoms with E-state index in [4.69, 9.17) is 4.74 Å². The van der Waals surface area contributed by atoms with Gasteiger partial charge in [-0.2, -0.15) is 0 Å². The van der Waals surface area contributed by atoms with Crippen molar-refractivity contribution in [3.8, 4) is 0 Å². The number of nitrogens with one attached hydrogen (secondary N) is 2. The molecule has 2 amide bonds. The maximum absolute atomic E-state index is 12.6. The average molecular weight is 469 g/mol. The fourth-order valence-electron chi connectivity index (χ4n) is 3.94. The number of rotatable bonds is 10. The molecule has 1 aliphatic heterocycles. The number of piperazine rings is 1. The summed E-state index contributed by atoms with van der Waals surface area (Å²) >= 11 is 0. The lowest BCUT2D eigenvalue weighted by atomic mass is 10.1. The van der Waals surface area contributed by atoms with Crippen molar-refractivity contribution in [1.29, 1.82) is 0 Å². The molecule has 3 rings (SSSR count). The van der Waals surface area contributed by atoms with Crippen molar-refractivity contribution in [3.63, 3.8) is 0 Å². The quantitative estimate of drug-likeness (QED) is 0.459. The van der Waals surface area contributed by atoms with Crippen LogP contribution in [0, 0.1) is 6.92 Å². The molecule has 0 bridgehead atoms. The highest BCUT2D eigenvalue weighted by molar-refractivity contribution is 6.06. The van der Waals surface area contributed by atoms with Gasteiger partial charge in [0, 0.05) is 57.7 Å². The minimum Gasteiger partial charge on any atom is -0.478 e. The number of carbonyl (C=O) groups is 3. The maximum atomic E-state index is 12.6. The minimum absolute atomic E-state index is 0.0236. The van der Waals surface area contributed by atoms with Crippen molar-refractivity contribution in [2.75, 3.05) is 63.2 Å². The molecule has 0 spiro atoms. The molecule has 9 heteroatoms. The van der Waals surface area contributed by atoms with E-state index < -0.39 is 5.97 Å². The SMILES string of the molecule is COCCCNC(=O)CN1CCN(c2ccc(NC(=O)c3ccccc3C)cc2C(=O)O)CC1. The van der Waals surface area contributed by atoms with Crippen molar-refractivity contribution in [2.24, 2.45) is 0 Å². The van der Waals surface area contributed by atoms with Crippen LogP contribution in [0.1, 0.15) is 32.7 Å². The highest BCUT2D eigenvalue weighted by atomic mass is 16.5. The predicted octanol–water partition coefficient (Wildman–Crippen LogP) is 2.22. The van der Waals surface area contributed by atoms with E-state index >= 15 is 0 Å². The highest BCUT2D eigenvalue weighted by Gasteiger charge is 2.23. The van der Waals surface area contributed by atoms with Crippen LogP contribution in [0.25, 0.3) is 0 Å². The molecule has 0 atom stereocenters. The highest BCUT2D eigenvalue weighted by Crippen LogP contribution is 2.26. The van der Waals surface area contributed by atoms with Gasteiger partial charge in [0.05, 0.1) is 17.8 Å². The molecule has 1 saturated heterocycles. The van der Waals surface area contributed by atoms with Crippen LogP contribution in [0.5, 0.6) is 0 Å². The molecule has 34 heavy (non-hydrogen) atoms. The Morgan fingerprint density at radius 2 is 1.76 bits per heavy atom. The fourth-order valence-corrected chi connectivity index (χ4v) is 3.94. The minimum atomic E-state index is -1.06. The molecule has 0 saturated carbocycles. The van der Waals surface area contributed by atoms with Crippen molar-refractivity contribution in [3.05, 3.63) is 59.2 Å². The maximum Gasteiger partial charge on any atom is 0.337 e. The molecular formula is C25H32N4O5. The first-order chi connectivity index (χ1) is 16.4. The Kier molecular flexibility index (Phi) is 9.00. The Labute approximate surface area is 199 Å². The van der Waals surface area contributed by atoms with Gasteiger partial charge in [-0.25, -0.2) is 4.79 Å². The normalized spacial score (nSPS) is 14.0. The molecule has 2 aromatic rings. The predicted molar refractivity (Wildman–Crippen MR) is 131 cm³/mol. The number of hydrogen-bond donors (Lipinski definition) is 3. The monoisotopic (exact) mass is 468 g/mol. The summed E-state index contributed by atoms with van der Waals surface area (Å²) in [4.78, 5) is 40.7.